The molecule has 1 unspecified atom stereocenters. The van der Waals surface area contributed by atoms with Gasteiger partial charge in [-0.2, -0.15) is 0 Å². The predicted octanol–water partition coefficient (Wildman–Crippen LogP) is 2.33. The van der Waals surface area contributed by atoms with Gasteiger partial charge in [-0.15, -0.1) is 0 Å². The fraction of sp³-hybridized carbons (Fsp3) is 0.333. The SMILES string of the molecule is O=C(Nc1cc(-c2ccccc2)on1)N1CCCC(O)C1. The molecule has 1 saturated heterocycles. The van der Waals surface area contributed by atoms with Gasteiger partial charge in [-0.05, 0) is 12.8 Å². The number of amides is 2. The first-order chi connectivity index (χ1) is 10.2. The number of β-amino-alcohol motifs (C(OH)–C–C–N with tert-alkyl or cyclic N) is 1. The first-order valence-corrected chi connectivity index (χ1v) is 6.98. The van der Waals surface area contributed by atoms with E-state index in [0.29, 0.717) is 24.7 Å². The molecule has 1 aromatic heterocycles. The number of nitrogens with one attached hydrogen (secondary N) is 1. The molecule has 0 radical (unpaired) electrons. The first kappa shape index (κ1) is 13.6. The molecule has 2 heterocycles. The van der Waals surface area contributed by atoms with Crippen LogP contribution in [-0.2, 0) is 0 Å². The van der Waals surface area contributed by atoms with E-state index in [2.05, 4.69) is 10.5 Å². The van der Waals surface area contributed by atoms with E-state index in [4.69, 9.17) is 4.52 Å². The van der Waals surface area contributed by atoms with Crippen molar-refractivity contribution in [1.82, 2.24) is 10.1 Å². The van der Waals surface area contributed by atoms with Crippen molar-refractivity contribution in [3.05, 3.63) is 36.4 Å². The highest BCUT2D eigenvalue weighted by atomic mass is 16.5. The van der Waals surface area contributed by atoms with Gasteiger partial charge in [0.25, 0.3) is 0 Å². The van der Waals surface area contributed by atoms with Crippen molar-refractivity contribution in [2.75, 3.05) is 18.4 Å². The fourth-order valence-corrected chi connectivity index (χ4v) is 2.40. The summed E-state index contributed by atoms with van der Waals surface area (Å²) in [4.78, 5) is 13.7. The van der Waals surface area contributed by atoms with E-state index in [0.717, 1.165) is 18.4 Å². The number of carbonyl (C=O) groups excluding carboxylic acids is 1. The van der Waals surface area contributed by atoms with Crippen LogP contribution in [0.5, 0.6) is 0 Å². The third kappa shape index (κ3) is 3.22. The average molecular weight is 287 g/mol. The largest absolute Gasteiger partial charge is 0.391 e. The first-order valence-electron chi connectivity index (χ1n) is 6.98. The van der Waals surface area contributed by atoms with Crippen LogP contribution in [0.2, 0.25) is 0 Å². The summed E-state index contributed by atoms with van der Waals surface area (Å²) in [5.41, 5.74) is 0.902. The highest BCUT2D eigenvalue weighted by Gasteiger charge is 2.22. The Morgan fingerprint density at radius 1 is 1.38 bits per heavy atom. The molecule has 2 amide bonds. The minimum Gasteiger partial charge on any atom is -0.391 e. The van der Waals surface area contributed by atoms with Crippen molar-refractivity contribution in [1.29, 1.82) is 0 Å². The van der Waals surface area contributed by atoms with Gasteiger partial charge in [0, 0.05) is 24.7 Å². The van der Waals surface area contributed by atoms with Crippen LogP contribution >= 0.6 is 0 Å². The summed E-state index contributed by atoms with van der Waals surface area (Å²) in [6, 6.07) is 11.0. The van der Waals surface area contributed by atoms with Gasteiger partial charge >= 0.3 is 6.03 Å². The number of piperidine rings is 1. The lowest BCUT2D eigenvalue weighted by molar-refractivity contribution is 0.0883. The third-order valence-electron chi connectivity index (χ3n) is 3.49. The highest BCUT2D eigenvalue weighted by Crippen LogP contribution is 2.22. The van der Waals surface area contributed by atoms with Crippen LogP contribution in [0.25, 0.3) is 11.3 Å². The molecule has 2 N–H and O–H groups in total. The van der Waals surface area contributed by atoms with Crippen LogP contribution in [0, 0.1) is 0 Å². The van der Waals surface area contributed by atoms with Crippen LogP contribution in [0.3, 0.4) is 0 Å². The van der Waals surface area contributed by atoms with Gasteiger partial charge in [0.05, 0.1) is 6.10 Å². The predicted molar refractivity (Wildman–Crippen MR) is 77.8 cm³/mol. The second-order valence-corrected chi connectivity index (χ2v) is 5.11. The summed E-state index contributed by atoms with van der Waals surface area (Å²) in [5, 5.41) is 16.1. The highest BCUT2D eigenvalue weighted by molar-refractivity contribution is 5.88. The fourth-order valence-electron chi connectivity index (χ4n) is 2.40. The Bertz CT molecular complexity index is 612. The number of nitrogens with zero attached hydrogens (tertiary/aromatic N) is 2. The average Bonchev–Trinajstić information content (AvgIpc) is 2.97. The standard InChI is InChI=1S/C15H17N3O3/c19-12-7-4-8-18(10-12)15(20)16-14-9-13(21-17-14)11-5-2-1-3-6-11/h1-3,5-6,9,12,19H,4,7-8,10H2,(H,16,17,20). The number of urea groups is 1. The Morgan fingerprint density at radius 3 is 2.95 bits per heavy atom. The molecule has 6 nitrogen and oxygen atoms in total. The zero-order valence-corrected chi connectivity index (χ0v) is 11.5. The third-order valence-corrected chi connectivity index (χ3v) is 3.49. The molecule has 1 atom stereocenters. The van der Waals surface area contributed by atoms with Gasteiger partial charge in [-0.25, -0.2) is 4.79 Å². The van der Waals surface area contributed by atoms with Gasteiger partial charge < -0.3 is 14.5 Å². The van der Waals surface area contributed by atoms with Gasteiger partial charge in [0.1, 0.15) is 0 Å². The number of aliphatic hydroxyl groups excluding tert-OH is 1. The molecule has 0 spiro atoms. The van der Waals surface area contributed by atoms with Crippen LogP contribution in [0.4, 0.5) is 10.6 Å². The maximum atomic E-state index is 12.1. The molecular formula is C15H17N3O3. The number of hydrogen-bond acceptors (Lipinski definition) is 4. The Morgan fingerprint density at radius 2 is 2.19 bits per heavy atom. The molecule has 0 aliphatic carbocycles. The Labute approximate surface area is 122 Å². The number of rotatable bonds is 2. The molecule has 1 aliphatic heterocycles. The quantitative estimate of drug-likeness (QED) is 0.888. The normalized spacial score (nSPS) is 18.5. The van der Waals surface area contributed by atoms with Crippen molar-refractivity contribution in [3.8, 4) is 11.3 Å². The van der Waals surface area contributed by atoms with Crippen molar-refractivity contribution in [3.63, 3.8) is 0 Å². The zero-order valence-electron chi connectivity index (χ0n) is 11.5. The lowest BCUT2D eigenvalue weighted by atomic mass is 10.1. The summed E-state index contributed by atoms with van der Waals surface area (Å²) < 4.78 is 5.23. The Kier molecular flexibility index (Phi) is 3.87. The summed E-state index contributed by atoms with van der Waals surface area (Å²) >= 11 is 0. The lowest BCUT2D eigenvalue weighted by Gasteiger charge is -2.29. The Hall–Kier alpha value is -2.34. The van der Waals surface area contributed by atoms with Crippen molar-refractivity contribution in [2.24, 2.45) is 0 Å². The molecule has 21 heavy (non-hydrogen) atoms. The van der Waals surface area contributed by atoms with Crippen LogP contribution in [0.15, 0.2) is 40.9 Å². The summed E-state index contributed by atoms with van der Waals surface area (Å²) in [6.07, 6.45) is 1.11. The van der Waals surface area contributed by atoms with Gasteiger partial charge in [0.2, 0.25) is 0 Å². The van der Waals surface area contributed by atoms with E-state index < -0.39 is 6.10 Å². The van der Waals surface area contributed by atoms with Gasteiger partial charge in [-0.3, -0.25) is 5.32 Å². The van der Waals surface area contributed by atoms with E-state index in [1.54, 1.807) is 11.0 Å². The lowest BCUT2D eigenvalue weighted by Crippen LogP contribution is -2.44. The zero-order chi connectivity index (χ0) is 14.7. The molecule has 6 heteroatoms. The summed E-state index contributed by atoms with van der Waals surface area (Å²) in [5.74, 6) is 0.975. The maximum absolute atomic E-state index is 12.1. The van der Waals surface area contributed by atoms with Crippen molar-refractivity contribution >= 4 is 11.8 Å². The van der Waals surface area contributed by atoms with E-state index in [1.807, 2.05) is 30.3 Å². The molecule has 0 saturated carbocycles. The second-order valence-electron chi connectivity index (χ2n) is 5.11. The number of likely N-dealkylation sites (tertiary alicyclic amines) is 1. The number of carbonyl (C=O) groups is 1. The van der Waals surface area contributed by atoms with E-state index in [1.165, 1.54) is 0 Å². The van der Waals surface area contributed by atoms with Gasteiger partial charge in [-0.1, -0.05) is 35.5 Å². The molecule has 1 aromatic carbocycles. The topological polar surface area (TPSA) is 78.6 Å². The number of aliphatic hydroxyl groups is 1. The summed E-state index contributed by atoms with van der Waals surface area (Å²) in [6.45, 7) is 1.00. The number of anilines is 1. The molecule has 3 rings (SSSR count). The number of benzene rings is 1. The number of hydrogen-bond donors (Lipinski definition) is 2. The monoisotopic (exact) mass is 287 g/mol. The number of aromatic nitrogens is 1. The van der Waals surface area contributed by atoms with Crippen LogP contribution < -0.4 is 5.32 Å². The second kappa shape index (κ2) is 5.97. The van der Waals surface area contributed by atoms with Crippen LogP contribution in [-0.4, -0.2) is 40.4 Å². The van der Waals surface area contributed by atoms with Crippen LogP contribution in [0.1, 0.15) is 12.8 Å². The smallest absolute Gasteiger partial charge is 0.323 e. The van der Waals surface area contributed by atoms with Crippen molar-refractivity contribution < 1.29 is 14.4 Å². The molecule has 0 bridgehead atoms. The minimum absolute atomic E-state index is 0.262. The van der Waals surface area contributed by atoms with E-state index >= 15 is 0 Å². The molecule has 2 aromatic rings. The molecule has 110 valence electrons. The molecule has 1 fully saturated rings. The van der Waals surface area contributed by atoms with Crippen molar-refractivity contribution in [2.45, 2.75) is 18.9 Å². The molecule has 1 aliphatic rings. The summed E-state index contributed by atoms with van der Waals surface area (Å²) in [7, 11) is 0. The maximum Gasteiger partial charge on any atom is 0.323 e. The van der Waals surface area contributed by atoms with E-state index in [-0.39, 0.29) is 6.03 Å². The van der Waals surface area contributed by atoms with E-state index in [9.17, 15) is 9.90 Å². The van der Waals surface area contributed by atoms with Gasteiger partial charge in [0.15, 0.2) is 11.6 Å². The Balaban J connectivity index is 1.66. The minimum atomic E-state index is -0.443. The molecular weight excluding hydrogens is 270 g/mol.